The van der Waals surface area contributed by atoms with E-state index in [2.05, 4.69) is 31.2 Å². The fourth-order valence-corrected chi connectivity index (χ4v) is 1.63. The number of hydrogen-bond donors (Lipinski definition) is 1. The molecular formula is C10H13BrF3N3. The molecule has 0 aliphatic carbocycles. The van der Waals surface area contributed by atoms with Gasteiger partial charge in [0.25, 0.3) is 0 Å². The lowest BCUT2D eigenvalue weighted by Gasteiger charge is -2.19. The Balaban J connectivity index is 2.79. The molecule has 1 rings (SSSR count). The normalized spacial score (nSPS) is 15.4. The first kappa shape index (κ1) is 14.2. The zero-order chi connectivity index (χ0) is 13.1. The van der Waals surface area contributed by atoms with Crippen molar-refractivity contribution >= 4 is 21.9 Å². The topological polar surface area (TPSA) is 37.8 Å². The van der Waals surface area contributed by atoms with Crippen molar-refractivity contribution in [3.63, 3.8) is 0 Å². The standard InChI is InChI=1S/C10H13BrF3N3/c1-6(5-11)7(2)16-9-15-4-3-8(17-9)10(12,13)14/h3-4,6-7H,5H2,1-2H3,(H,15,16,17). The van der Waals surface area contributed by atoms with E-state index in [1.54, 1.807) is 0 Å². The van der Waals surface area contributed by atoms with Crippen molar-refractivity contribution in [2.24, 2.45) is 5.92 Å². The molecule has 0 bridgehead atoms. The van der Waals surface area contributed by atoms with E-state index in [0.717, 1.165) is 17.6 Å². The fourth-order valence-electron chi connectivity index (χ4n) is 1.07. The van der Waals surface area contributed by atoms with Gasteiger partial charge in [0.1, 0.15) is 5.69 Å². The summed E-state index contributed by atoms with van der Waals surface area (Å²) in [7, 11) is 0. The first-order valence-electron chi connectivity index (χ1n) is 5.07. The summed E-state index contributed by atoms with van der Waals surface area (Å²) in [6.07, 6.45) is -3.34. The van der Waals surface area contributed by atoms with Crippen molar-refractivity contribution in [2.45, 2.75) is 26.1 Å². The van der Waals surface area contributed by atoms with E-state index in [4.69, 9.17) is 0 Å². The third-order valence-electron chi connectivity index (χ3n) is 2.40. The highest BCUT2D eigenvalue weighted by molar-refractivity contribution is 9.09. The van der Waals surface area contributed by atoms with Crippen LogP contribution in [-0.4, -0.2) is 21.3 Å². The van der Waals surface area contributed by atoms with E-state index >= 15 is 0 Å². The molecule has 96 valence electrons. The number of anilines is 1. The number of halogens is 4. The Kier molecular flexibility index (Phi) is 4.73. The monoisotopic (exact) mass is 311 g/mol. The molecule has 1 aromatic rings. The van der Waals surface area contributed by atoms with Crippen molar-refractivity contribution in [3.05, 3.63) is 18.0 Å². The third kappa shape index (κ3) is 4.14. The van der Waals surface area contributed by atoms with Crippen LogP contribution >= 0.6 is 15.9 Å². The van der Waals surface area contributed by atoms with Crippen molar-refractivity contribution in [1.82, 2.24) is 9.97 Å². The summed E-state index contributed by atoms with van der Waals surface area (Å²) in [4.78, 5) is 7.21. The van der Waals surface area contributed by atoms with Gasteiger partial charge in [-0.25, -0.2) is 9.97 Å². The van der Waals surface area contributed by atoms with Gasteiger partial charge < -0.3 is 5.32 Å². The Hall–Kier alpha value is -0.850. The predicted molar refractivity (Wildman–Crippen MR) is 63.1 cm³/mol. The number of alkyl halides is 4. The first-order chi connectivity index (χ1) is 7.84. The van der Waals surface area contributed by atoms with Crippen LogP contribution in [0.2, 0.25) is 0 Å². The van der Waals surface area contributed by atoms with Gasteiger partial charge >= 0.3 is 6.18 Å². The lowest BCUT2D eigenvalue weighted by molar-refractivity contribution is -0.141. The van der Waals surface area contributed by atoms with Gasteiger partial charge in [-0.2, -0.15) is 13.2 Å². The Morgan fingerprint density at radius 1 is 1.41 bits per heavy atom. The zero-order valence-electron chi connectivity index (χ0n) is 9.42. The van der Waals surface area contributed by atoms with E-state index in [9.17, 15) is 13.2 Å². The minimum Gasteiger partial charge on any atom is -0.351 e. The van der Waals surface area contributed by atoms with Crippen LogP contribution in [0.3, 0.4) is 0 Å². The number of rotatable bonds is 4. The Morgan fingerprint density at radius 3 is 2.59 bits per heavy atom. The molecule has 0 aromatic carbocycles. The second-order valence-corrected chi connectivity index (χ2v) is 4.48. The van der Waals surface area contributed by atoms with Crippen molar-refractivity contribution < 1.29 is 13.2 Å². The van der Waals surface area contributed by atoms with Crippen LogP contribution in [0, 0.1) is 5.92 Å². The van der Waals surface area contributed by atoms with Gasteiger partial charge in [0.15, 0.2) is 0 Å². The van der Waals surface area contributed by atoms with Gasteiger partial charge in [-0.15, -0.1) is 0 Å². The Bertz CT molecular complexity index is 370. The maximum absolute atomic E-state index is 12.4. The second kappa shape index (κ2) is 5.66. The summed E-state index contributed by atoms with van der Waals surface area (Å²) in [5.74, 6) is 0.258. The Morgan fingerprint density at radius 2 is 2.06 bits per heavy atom. The molecule has 0 radical (unpaired) electrons. The molecule has 1 N–H and O–H groups in total. The van der Waals surface area contributed by atoms with Gasteiger partial charge in [-0.3, -0.25) is 0 Å². The summed E-state index contributed by atoms with van der Waals surface area (Å²) in [5, 5.41) is 3.60. The largest absolute Gasteiger partial charge is 0.433 e. The van der Waals surface area contributed by atoms with Crippen LogP contribution in [0.5, 0.6) is 0 Å². The van der Waals surface area contributed by atoms with Crippen molar-refractivity contribution in [1.29, 1.82) is 0 Å². The van der Waals surface area contributed by atoms with Crippen molar-refractivity contribution in [3.8, 4) is 0 Å². The van der Waals surface area contributed by atoms with Crippen molar-refractivity contribution in [2.75, 3.05) is 10.6 Å². The molecule has 1 heterocycles. The molecule has 17 heavy (non-hydrogen) atoms. The fraction of sp³-hybridized carbons (Fsp3) is 0.600. The molecule has 3 nitrogen and oxygen atoms in total. The lowest BCUT2D eigenvalue weighted by Crippen LogP contribution is -2.26. The molecule has 0 fully saturated rings. The quantitative estimate of drug-likeness (QED) is 0.867. The number of hydrogen-bond acceptors (Lipinski definition) is 3. The maximum atomic E-state index is 12.4. The molecule has 2 unspecified atom stereocenters. The zero-order valence-corrected chi connectivity index (χ0v) is 11.0. The van der Waals surface area contributed by atoms with Gasteiger partial charge in [-0.05, 0) is 18.9 Å². The van der Waals surface area contributed by atoms with E-state index in [-0.39, 0.29) is 17.9 Å². The van der Waals surface area contributed by atoms with E-state index in [0.29, 0.717) is 0 Å². The first-order valence-corrected chi connectivity index (χ1v) is 6.19. The molecule has 0 spiro atoms. The molecule has 0 saturated carbocycles. The van der Waals surface area contributed by atoms with Gasteiger partial charge in [0, 0.05) is 17.6 Å². The average molecular weight is 312 g/mol. The maximum Gasteiger partial charge on any atom is 0.433 e. The minimum atomic E-state index is -4.44. The Labute approximate surface area is 106 Å². The van der Waals surface area contributed by atoms with Gasteiger partial charge in [-0.1, -0.05) is 22.9 Å². The van der Waals surface area contributed by atoms with Crippen LogP contribution in [0.15, 0.2) is 12.3 Å². The summed E-state index contributed by atoms with van der Waals surface area (Å²) in [6, 6.07) is 0.835. The molecule has 0 saturated heterocycles. The molecule has 2 atom stereocenters. The molecule has 0 amide bonds. The molecule has 0 aliphatic heterocycles. The molecular weight excluding hydrogens is 299 g/mol. The highest BCUT2D eigenvalue weighted by Gasteiger charge is 2.32. The number of nitrogens with zero attached hydrogens (tertiary/aromatic N) is 2. The van der Waals surface area contributed by atoms with Crippen LogP contribution in [0.1, 0.15) is 19.5 Å². The molecule has 7 heteroatoms. The van der Waals surface area contributed by atoms with Crippen LogP contribution in [-0.2, 0) is 6.18 Å². The highest BCUT2D eigenvalue weighted by Crippen LogP contribution is 2.27. The lowest BCUT2D eigenvalue weighted by atomic mass is 10.1. The van der Waals surface area contributed by atoms with E-state index in [1.807, 2.05) is 13.8 Å². The second-order valence-electron chi connectivity index (χ2n) is 3.83. The average Bonchev–Trinajstić information content (AvgIpc) is 2.27. The molecule has 0 aliphatic rings. The van der Waals surface area contributed by atoms with Gasteiger partial charge in [0.05, 0.1) is 0 Å². The smallest absolute Gasteiger partial charge is 0.351 e. The SMILES string of the molecule is CC(CBr)C(C)Nc1nccc(C(F)(F)F)n1. The summed E-state index contributed by atoms with van der Waals surface area (Å²) in [6.45, 7) is 3.84. The molecule has 1 aromatic heterocycles. The minimum absolute atomic E-state index is 0.000116. The van der Waals surface area contributed by atoms with Crippen LogP contribution in [0.25, 0.3) is 0 Å². The number of nitrogens with one attached hydrogen (secondary N) is 1. The van der Waals surface area contributed by atoms with Crippen LogP contribution in [0.4, 0.5) is 19.1 Å². The van der Waals surface area contributed by atoms with Gasteiger partial charge in [0.2, 0.25) is 5.95 Å². The van der Waals surface area contributed by atoms with Crippen LogP contribution < -0.4 is 5.32 Å². The summed E-state index contributed by atoms with van der Waals surface area (Å²) < 4.78 is 37.2. The highest BCUT2D eigenvalue weighted by atomic mass is 79.9. The summed E-state index contributed by atoms with van der Waals surface area (Å²) in [5.41, 5.74) is -0.936. The number of aromatic nitrogens is 2. The van der Waals surface area contributed by atoms with E-state index in [1.165, 1.54) is 0 Å². The summed E-state index contributed by atoms with van der Waals surface area (Å²) >= 11 is 3.31. The predicted octanol–water partition coefficient (Wildman–Crippen LogP) is 3.33. The van der Waals surface area contributed by atoms with E-state index < -0.39 is 11.9 Å². The third-order valence-corrected chi connectivity index (χ3v) is 3.42.